The molecule has 70 valence electrons. The highest BCUT2D eigenvalue weighted by Crippen LogP contribution is 2.63. The van der Waals surface area contributed by atoms with Gasteiger partial charge in [0.25, 0.3) is 0 Å². The molecular weight excluding hydrogens is 144 g/mol. The summed E-state index contributed by atoms with van der Waals surface area (Å²) in [6.07, 6.45) is 8.95. The van der Waals surface area contributed by atoms with E-state index < -0.39 is 0 Å². The molecule has 0 aromatic rings. The maximum atomic E-state index is 2.50. The molecule has 2 aliphatic rings. The third kappa shape index (κ3) is 0.900. The lowest BCUT2D eigenvalue weighted by Crippen LogP contribution is -2.50. The van der Waals surface area contributed by atoms with Gasteiger partial charge in [-0.15, -0.1) is 0 Å². The summed E-state index contributed by atoms with van der Waals surface area (Å²) in [7, 11) is 0. The molecule has 2 rings (SSSR count). The molecule has 0 heterocycles. The molecule has 2 fully saturated rings. The van der Waals surface area contributed by atoms with Crippen LogP contribution in [0.5, 0.6) is 0 Å². The zero-order valence-corrected chi connectivity index (χ0v) is 8.82. The van der Waals surface area contributed by atoms with Crippen molar-refractivity contribution in [2.24, 2.45) is 16.7 Å². The molecule has 0 saturated heterocycles. The van der Waals surface area contributed by atoms with Crippen molar-refractivity contribution in [3.05, 3.63) is 0 Å². The minimum atomic E-state index is 0.642. The zero-order chi connectivity index (χ0) is 8.82. The van der Waals surface area contributed by atoms with E-state index in [1.165, 1.54) is 38.5 Å². The summed E-state index contributed by atoms with van der Waals surface area (Å²) in [5.41, 5.74) is 1.40. The first-order valence-electron chi connectivity index (χ1n) is 5.58. The standard InChI is InChI=1S/C12H22/c1-10-6-4-7-11(2,3)12(10)8-5-9-12/h10H,4-9H2,1-3H3. The van der Waals surface area contributed by atoms with Crippen molar-refractivity contribution in [3.8, 4) is 0 Å². The SMILES string of the molecule is CC1CCCC(C)(C)C12CCC2. The fourth-order valence-corrected chi connectivity index (χ4v) is 3.77. The summed E-state index contributed by atoms with van der Waals surface area (Å²) in [4.78, 5) is 0. The Balaban J connectivity index is 2.23. The molecular formula is C12H22. The second-order valence-corrected chi connectivity index (χ2v) is 5.69. The van der Waals surface area contributed by atoms with Crippen molar-refractivity contribution >= 4 is 0 Å². The fourth-order valence-electron chi connectivity index (χ4n) is 3.77. The average Bonchev–Trinajstić information content (AvgIpc) is 1.80. The molecule has 0 aromatic heterocycles. The van der Waals surface area contributed by atoms with Gasteiger partial charge in [0.1, 0.15) is 0 Å². The van der Waals surface area contributed by atoms with Crippen molar-refractivity contribution in [2.75, 3.05) is 0 Å². The highest BCUT2D eigenvalue weighted by molar-refractivity contribution is 5.03. The monoisotopic (exact) mass is 166 g/mol. The Kier molecular flexibility index (Phi) is 1.79. The summed E-state index contributed by atoms with van der Waals surface area (Å²) in [5, 5.41) is 0. The minimum absolute atomic E-state index is 0.642. The topological polar surface area (TPSA) is 0 Å². The molecule has 0 radical (unpaired) electrons. The third-order valence-electron chi connectivity index (χ3n) is 4.98. The van der Waals surface area contributed by atoms with E-state index in [-0.39, 0.29) is 0 Å². The lowest BCUT2D eigenvalue weighted by Gasteiger charge is -2.60. The summed E-state index contributed by atoms with van der Waals surface area (Å²) in [6.45, 7) is 7.49. The molecule has 0 nitrogen and oxygen atoms in total. The van der Waals surface area contributed by atoms with Gasteiger partial charge in [0.15, 0.2) is 0 Å². The first-order valence-corrected chi connectivity index (χ1v) is 5.58. The van der Waals surface area contributed by atoms with Gasteiger partial charge in [-0.25, -0.2) is 0 Å². The first-order chi connectivity index (χ1) is 5.58. The third-order valence-corrected chi connectivity index (χ3v) is 4.98. The van der Waals surface area contributed by atoms with Gasteiger partial charge in [-0.3, -0.25) is 0 Å². The lowest BCUT2D eigenvalue weighted by molar-refractivity contribution is -0.0978. The van der Waals surface area contributed by atoms with Crippen molar-refractivity contribution in [2.45, 2.75) is 59.3 Å². The van der Waals surface area contributed by atoms with E-state index in [1.807, 2.05) is 0 Å². The number of hydrogen-bond donors (Lipinski definition) is 0. The van der Waals surface area contributed by atoms with Crippen molar-refractivity contribution < 1.29 is 0 Å². The molecule has 0 aliphatic heterocycles. The number of hydrogen-bond acceptors (Lipinski definition) is 0. The smallest absolute Gasteiger partial charge is 0.0221 e. The average molecular weight is 166 g/mol. The van der Waals surface area contributed by atoms with E-state index in [0.717, 1.165) is 11.3 Å². The van der Waals surface area contributed by atoms with Crippen LogP contribution >= 0.6 is 0 Å². The van der Waals surface area contributed by atoms with Gasteiger partial charge in [-0.05, 0) is 36.0 Å². The Labute approximate surface area is 76.7 Å². The largest absolute Gasteiger partial charge is 0.0620 e. The molecule has 1 atom stereocenters. The Bertz CT molecular complexity index is 174. The van der Waals surface area contributed by atoms with Crippen LogP contribution in [0.1, 0.15) is 59.3 Å². The Morgan fingerprint density at radius 2 is 1.67 bits per heavy atom. The maximum Gasteiger partial charge on any atom is -0.0221 e. The second-order valence-electron chi connectivity index (χ2n) is 5.69. The van der Waals surface area contributed by atoms with Crippen molar-refractivity contribution in [1.82, 2.24) is 0 Å². The van der Waals surface area contributed by atoms with Crippen LogP contribution in [-0.2, 0) is 0 Å². The molecule has 0 bridgehead atoms. The molecule has 12 heavy (non-hydrogen) atoms. The van der Waals surface area contributed by atoms with Crippen molar-refractivity contribution in [3.63, 3.8) is 0 Å². The van der Waals surface area contributed by atoms with Crippen LogP contribution in [0, 0.1) is 16.7 Å². The van der Waals surface area contributed by atoms with Gasteiger partial charge in [0, 0.05) is 0 Å². The summed E-state index contributed by atoms with van der Waals surface area (Å²) >= 11 is 0. The van der Waals surface area contributed by atoms with Gasteiger partial charge in [0.2, 0.25) is 0 Å². The summed E-state index contributed by atoms with van der Waals surface area (Å²) in [6, 6.07) is 0. The highest BCUT2D eigenvalue weighted by atomic mass is 14.6. The highest BCUT2D eigenvalue weighted by Gasteiger charge is 2.53. The van der Waals surface area contributed by atoms with E-state index in [9.17, 15) is 0 Å². The fraction of sp³-hybridized carbons (Fsp3) is 1.00. The van der Waals surface area contributed by atoms with Crippen LogP contribution in [0.25, 0.3) is 0 Å². The van der Waals surface area contributed by atoms with E-state index in [1.54, 1.807) is 0 Å². The van der Waals surface area contributed by atoms with E-state index >= 15 is 0 Å². The number of rotatable bonds is 0. The van der Waals surface area contributed by atoms with Crippen LogP contribution in [-0.4, -0.2) is 0 Å². The molecule has 0 N–H and O–H groups in total. The van der Waals surface area contributed by atoms with Crippen LogP contribution in [0.15, 0.2) is 0 Å². The Morgan fingerprint density at radius 1 is 1.00 bits per heavy atom. The maximum absolute atomic E-state index is 2.50. The van der Waals surface area contributed by atoms with E-state index in [0.29, 0.717) is 5.41 Å². The quantitative estimate of drug-likeness (QED) is 0.510. The molecule has 0 aromatic carbocycles. The Morgan fingerprint density at radius 3 is 2.00 bits per heavy atom. The van der Waals surface area contributed by atoms with Crippen LogP contribution in [0.3, 0.4) is 0 Å². The summed E-state index contributed by atoms with van der Waals surface area (Å²) in [5.74, 6) is 0.995. The molecule has 2 aliphatic carbocycles. The van der Waals surface area contributed by atoms with Gasteiger partial charge in [0.05, 0.1) is 0 Å². The van der Waals surface area contributed by atoms with Gasteiger partial charge < -0.3 is 0 Å². The van der Waals surface area contributed by atoms with Gasteiger partial charge in [-0.1, -0.05) is 40.0 Å². The normalized spacial score (nSPS) is 37.8. The van der Waals surface area contributed by atoms with Crippen LogP contribution in [0.4, 0.5) is 0 Å². The second kappa shape index (κ2) is 2.49. The van der Waals surface area contributed by atoms with Crippen molar-refractivity contribution in [1.29, 1.82) is 0 Å². The van der Waals surface area contributed by atoms with E-state index in [2.05, 4.69) is 20.8 Å². The van der Waals surface area contributed by atoms with Crippen LogP contribution in [0.2, 0.25) is 0 Å². The predicted octanol–water partition coefficient (Wildman–Crippen LogP) is 4.00. The lowest BCUT2D eigenvalue weighted by atomic mass is 9.45. The minimum Gasteiger partial charge on any atom is -0.0620 e. The molecule has 0 amide bonds. The molecule has 1 spiro atoms. The van der Waals surface area contributed by atoms with Gasteiger partial charge in [-0.2, -0.15) is 0 Å². The molecule has 0 heteroatoms. The predicted molar refractivity (Wildman–Crippen MR) is 53.1 cm³/mol. The zero-order valence-electron chi connectivity index (χ0n) is 8.82. The molecule has 2 saturated carbocycles. The molecule has 1 unspecified atom stereocenters. The first kappa shape index (κ1) is 8.59. The van der Waals surface area contributed by atoms with Gasteiger partial charge >= 0.3 is 0 Å². The van der Waals surface area contributed by atoms with Crippen LogP contribution < -0.4 is 0 Å². The van der Waals surface area contributed by atoms with E-state index in [4.69, 9.17) is 0 Å². The summed E-state index contributed by atoms with van der Waals surface area (Å²) < 4.78 is 0. The Hall–Kier alpha value is 0.